The molecule has 2 aromatic carbocycles. The molecule has 1 aliphatic carbocycles. The lowest BCUT2D eigenvalue weighted by Gasteiger charge is -2.13. The van der Waals surface area contributed by atoms with Crippen LogP contribution in [0, 0.1) is 0 Å². The number of carbonyl (C=O) groups is 1. The van der Waals surface area contributed by atoms with Crippen LogP contribution in [0.4, 0.5) is 0 Å². The molecule has 2 heteroatoms. The third kappa shape index (κ3) is 4.32. The normalized spacial score (nSPS) is 13.6. The van der Waals surface area contributed by atoms with Crippen LogP contribution in [-0.2, 0) is 0 Å². The maximum Gasteiger partial charge on any atom is 0.343 e. The summed E-state index contributed by atoms with van der Waals surface area (Å²) in [4.78, 5) is 12.4. The van der Waals surface area contributed by atoms with Crippen molar-refractivity contribution in [2.45, 2.75) is 45.4 Å². The zero-order chi connectivity index (χ0) is 18.4. The molecular weight excluding hydrogens is 320 g/mol. The fourth-order valence-corrected chi connectivity index (χ4v) is 3.36. The van der Waals surface area contributed by atoms with E-state index in [4.69, 9.17) is 4.74 Å². The summed E-state index contributed by atoms with van der Waals surface area (Å²) in [6.45, 7) is 4.40. The Kier molecular flexibility index (Phi) is 6.06. The van der Waals surface area contributed by atoms with Crippen molar-refractivity contribution in [2.24, 2.45) is 0 Å². The fourth-order valence-electron chi connectivity index (χ4n) is 3.36. The van der Waals surface area contributed by atoms with Gasteiger partial charge in [-0.05, 0) is 72.6 Å². The van der Waals surface area contributed by atoms with Gasteiger partial charge in [-0.15, -0.1) is 0 Å². The molecule has 0 radical (unpaired) electrons. The molecular formula is C24H26O2. The Morgan fingerprint density at radius 1 is 0.962 bits per heavy atom. The fraction of sp³-hybridized carbons (Fsp3) is 0.292. The second-order valence-electron chi connectivity index (χ2n) is 6.69. The van der Waals surface area contributed by atoms with Crippen LogP contribution in [0.15, 0.2) is 66.8 Å². The Balaban J connectivity index is 1.66. The summed E-state index contributed by atoms with van der Waals surface area (Å²) in [6.07, 6.45) is 11.0. The summed E-state index contributed by atoms with van der Waals surface area (Å²) in [7, 11) is 0. The van der Waals surface area contributed by atoms with Gasteiger partial charge in [-0.2, -0.15) is 0 Å². The van der Waals surface area contributed by atoms with Crippen LogP contribution in [0.5, 0.6) is 5.75 Å². The molecule has 0 N–H and O–H groups in total. The summed E-state index contributed by atoms with van der Waals surface area (Å²) < 4.78 is 5.52. The highest BCUT2D eigenvalue weighted by Gasteiger charge is 2.11. The molecule has 0 aromatic heterocycles. The van der Waals surface area contributed by atoms with Gasteiger partial charge in [-0.3, -0.25) is 0 Å². The summed E-state index contributed by atoms with van der Waals surface area (Å²) in [5.41, 5.74) is 4.21. The lowest BCUT2D eigenvalue weighted by Crippen LogP contribution is -2.08. The highest BCUT2D eigenvalue weighted by atomic mass is 16.5. The number of ether oxygens (including phenoxy) is 1. The van der Waals surface area contributed by atoms with Gasteiger partial charge in [0.2, 0.25) is 0 Å². The minimum atomic E-state index is -0.319. The predicted molar refractivity (Wildman–Crippen MR) is 108 cm³/mol. The lowest BCUT2D eigenvalue weighted by molar-refractivity contribution is 0.0734. The minimum Gasteiger partial charge on any atom is -0.423 e. The van der Waals surface area contributed by atoms with E-state index in [1.165, 1.54) is 11.1 Å². The predicted octanol–water partition coefficient (Wildman–Crippen LogP) is 6.54. The van der Waals surface area contributed by atoms with E-state index in [0.717, 1.165) is 31.2 Å². The van der Waals surface area contributed by atoms with Gasteiger partial charge in [0.1, 0.15) is 5.75 Å². The highest BCUT2D eigenvalue weighted by Crippen LogP contribution is 2.25. The zero-order valence-electron chi connectivity index (χ0n) is 15.6. The van der Waals surface area contributed by atoms with Crippen LogP contribution in [0.2, 0.25) is 0 Å². The Morgan fingerprint density at radius 3 is 2.23 bits per heavy atom. The molecule has 0 spiro atoms. The van der Waals surface area contributed by atoms with Crippen LogP contribution in [0.1, 0.15) is 66.9 Å². The van der Waals surface area contributed by atoms with Gasteiger partial charge in [0, 0.05) is 0 Å². The van der Waals surface area contributed by atoms with E-state index in [-0.39, 0.29) is 5.97 Å². The molecule has 0 atom stereocenters. The molecule has 134 valence electrons. The van der Waals surface area contributed by atoms with Crippen molar-refractivity contribution in [2.75, 3.05) is 0 Å². The van der Waals surface area contributed by atoms with Gasteiger partial charge in [-0.1, -0.05) is 56.3 Å². The molecule has 2 aromatic rings. The third-order valence-electron chi connectivity index (χ3n) is 5.00. The van der Waals surface area contributed by atoms with Crippen LogP contribution >= 0.6 is 0 Å². The number of carbonyl (C=O) groups excluding carboxylic acids is 1. The molecule has 1 aliphatic rings. The summed E-state index contributed by atoms with van der Waals surface area (Å²) in [5, 5.41) is 0. The van der Waals surface area contributed by atoms with Crippen molar-refractivity contribution >= 4 is 11.5 Å². The van der Waals surface area contributed by atoms with Crippen molar-refractivity contribution in [1.82, 2.24) is 0 Å². The van der Waals surface area contributed by atoms with E-state index in [0.29, 0.717) is 17.2 Å². The van der Waals surface area contributed by atoms with E-state index in [2.05, 4.69) is 44.2 Å². The van der Waals surface area contributed by atoms with E-state index in [1.807, 2.05) is 36.4 Å². The Bertz CT molecular complexity index is 791. The first-order valence-electron chi connectivity index (χ1n) is 9.50. The molecule has 0 saturated heterocycles. The first kappa shape index (κ1) is 18.2. The molecule has 0 unspecified atom stereocenters. The number of hydrogen-bond acceptors (Lipinski definition) is 2. The highest BCUT2D eigenvalue weighted by molar-refractivity contribution is 5.91. The van der Waals surface area contributed by atoms with Crippen molar-refractivity contribution < 1.29 is 9.53 Å². The molecule has 0 amide bonds. The molecule has 0 bridgehead atoms. The molecule has 26 heavy (non-hydrogen) atoms. The second-order valence-corrected chi connectivity index (χ2v) is 6.69. The Morgan fingerprint density at radius 2 is 1.65 bits per heavy atom. The SMILES string of the molecule is CCC(CC)c1ccc(OC(=O)c2ccc(C3=CCCC=C3)cc2)cc1. The number of rotatable bonds is 6. The molecule has 0 heterocycles. The number of allylic oxidation sites excluding steroid dienone is 4. The largest absolute Gasteiger partial charge is 0.423 e. The summed E-state index contributed by atoms with van der Waals surface area (Å²) in [5.74, 6) is 0.835. The van der Waals surface area contributed by atoms with Gasteiger partial charge < -0.3 is 4.74 Å². The Hall–Kier alpha value is -2.61. The summed E-state index contributed by atoms with van der Waals surface area (Å²) in [6, 6.07) is 15.5. The third-order valence-corrected chi connectivity index (χ3v) is 5.00. The number of benzene rings is 2. The molecule has 3 rings (SSSR count). The van der Waals surface area contributed by atoms with E-state index < -0.39 is 0 Å². The number of hydrogen-bond donors (Lipinski definition) is 0. The molecule has 0 saturated carbocycles. The van der Waals surface area contributed by atoms with E-state index in [1.54, 1.807) is 0 Å². The maximum atomic E-state index is 12.4. The van der Waals surface area contributed by atoms with Crippen molar-refractivity contribution in [3.63, 3.8) is 0 Å². The second kappa shape index (κ2) is 8.66. The van der Waals surface area contributed by atoms with Crippen molar-refractivity contribution in [1.29, 1.82) is 0 Å². The van der Waals surface area contributed by atoms with Crippen LogP contribution in [0.25, 0.3) is 5.57 Å². The smallest absolute Gasteiger partial charge is 0.343 e. The topological polar surface area (TPSA) is 26.3 Å². The number of esters is 1. The van der Waals surface area contributed by atoms with Crippen LogP contribution < -0.4 is 4.74 Å². The monoisotopic (exact) mass is 346 g/mol. The molecule has 0 aliphatic heterocycles. The van der Waals surface area contributed by atoms with Crippen molar-refractivity contribution in [3.8, 4) is 5.75 Å². The maximum absolute atomic E-state index is 12.4. The van der Waals surface area contributed by atoms with E-state index in [9.17, 15) is 4.79 Å². The van der Waals surface area contributed by atoms with Gasteiger partial charge in [0.15, 0.2) is 0 Å². The first-order chi connectivity index (χ1) is 12.7. The zero-order valence-corrected chi connectivity index (χ0v) is 15.6. The van der Waals surface area contributed by atoms with E-state index >= 15 is 0 Å². The molecule has 0 fully saturated rings. The first-order valence-corrected chi connectivity index (χ1v) is 9.50. The van der Waals surface area contributed by atoms with Crippen LogP contribution in [-0.4, -0.2) is 5.97 Å². The van der Waals surface area contributed by atoms with Gasteiger partial charge in [-0.25, -0.2) is 4.79 Å². The average Bonchev–Trinajstić information content (AvgIpc) is 2.71. The minimum absolute atomic E-state index is 0.319. The Labute approximate surface area is 156 Å². The van der Waals surface area contributed by atoms with Gasteiger partial charge in [0.05, 0.1) is 5.56 Å². The average molecular weight is 346 g/mol. The summed E-state index contributed by atoms with van der Waals surface area (Å²) >= 11 is 0. The lowest BCUT2D eigenvalue weighted by atomic mass is 9.94. The molecule has 2 nitrogen and oxygen atoms in total. The van der Waals surface area contributed by atoms with Crippen LogP contribution in [0.3, 0.4) is 0 Å². The standard InChI is InChI=1S/C24H26O2/c1-3-18(4-2)20-14-16-23(17-15-20)26-24(25)22-12-10-21(11-13-22)19-8-6-5-7-9-19/h6,8-18H,3-5,7H2,1-2H3. The quantitative estimate of drug-likeness (QED) is 0.438. The van der Waals surface area contributed by atoms with Gasteiger partial charge in [0.25, 0.3) is 0 Å². The van der Waals surface area contributed by atoms with Crippen molar-refractivity contribution in [3.05, 3.63) is 83.4 Å². The van der Waals surface area contributed by atoms with Gasteiger partial charge >= 0.3 is 5.97 Å².